The topological polar surface area (TPSA) is 67.6 Å². The Labute approximate surface area is 177 Å². The van der Waals surface area contributed by atoms with E-state index >= 15 is 0 Å². The van der Waals surface area contributed by atoms with E-state index in [9.17, 15) is 9.59 Å². The molecule has 0 atom stereocenters. The van der Waals surface area contributed by atoms with Gasteiger partial charge in [0.25, 0.3) is 5.91 Å². The first-order chi connectivity index (χ1) is 15.2. The molecule has 6 rings (SSSR count). The van der Waals surface area contributed by atoms with Crippen LogP contribution in [0.3, 0.4) is 0 Å². The van der Waals surface area contributed by atoms with Gasteiger partial charge in [0.15, 0.2) is 17.2 Å². The molecule has 0 radical (unpaired) electrons. The van der Waals surface area contributed by atoms with Crippen LogP contribution in [0.25, 0.3) is 28.1 Å². The van der Waals surface area contributed by atoms with Gasteiger partial charge in [0.2, 0.25) is 0 Å². The largest absolute Gasteiger partial charge is 0.292 e. The molecular weight excluding hydrogens is 388 g/mol. The fourth-order valence-electron chi connectivity index (χ4n) is 4.14. The lowest BCUT2D eigenvalue weighted by molar-refractivity contribution is 0.0951. The van der Waals surface area contributed by atoms with Crippen molar-refractivity contribution in [3.05, 3.63) is 96.1 Å². The van der Waals surface area contributed by atoms with Crippen molar-refractivity contribution in [2.24, 2.45) is 0 Å². The summed E-state index contributed by atoms with van der Waals surface area (Å²) in [5, 5.41) is 0. The van der Waals surface area contributed by atoms with Crippen molar-refractivity contribution in [2.45, 2.75) is 0 Å². The zero-order valence-electron chi connectivity index (χ0n) is 16.4. The minimum atomic E-state index is -0.250. The Balaban J connectivity index is 1.67. The maximum atomic E-state index is 13.2. The van der Waals surface area contributed by atoms with Crippen LogP contribution in [0.2, 0.25) is 0 Å². The van der Waals surface area contributed by atoms with Gasteiger partial charge in [-0.05, 0) is 24.3 Å². The van der Waals surface area contributed by atoms with Gasteiger partial charge in [-0.2, -0.15) is 0 Å². The second-order valence-corrected chi connectivity index (χ2v) is 7.44. The van der Waals surface area contributed by atoms with E-state index in [1.807, 2.05) is 65.1 Å². The summed E-state index contributed by atoms with van der Waals surface area (Å²) in [5.74, 6) is 0.593. The minimum Gasteiger partial charge on any atom is -0.292 e. The summed E-state index contributed by atoms with van der Waals surface area (Å²) in [5.41, 5.74) is 3.95. The third kappa shape index (κ3) is 2.58. The number of carbonyl (C=O) groups is 2. The zero-order valence-corrected chi connectivity index (χ0v) is 16.4. The molecule has 0 spiro atoms. The molecule has 0 saturated carbocycles. The van der Waals surface area contributed by atoms with E-state index in [0.29, 0.717) is 28.4 Å². The van der Waals surface area contributed by atoms with Crippen molar-refractivity contribution in [1.82, 2.24) is 14.4 Å². The first-order valence-corrected chi connectivity index (χ1v) is 9.99. The van der Waals surface area contributed by atoms with Crippen LogP contribution in [-0.4, -0.2) is 32.6 Å². The van der Waals surface area contributed by atoms with Gasteiger partial charge >= 0.3 is 0 Å². The van der Waals surface area contributed by atoms with E-state index < -0.39 is 0 Å². The number of amides is 1. The number of para-hydroxylation sites is 2. The molecule has 6 nitrogen and oxygen atoms in total. The molecule has 1 aliphatic rings. The van der Waals surface area contributed by atoms with E-state index in [4.69, 9.17) is 9.97 Å². The molecule has 2 aromatic heterocycles. The average Bonchev–Trinajstić information content (AvgIpc) is 3.37. The molecule has 5 aromatic rings. The Kier molecular flexibility index (Phi) is 3.73. The number of benzene rings is 3. The molecule has 0 bridgehead atoms. The third-order valence-corrected chi connectivity index (χ3v) is 5.57. The number of hydrogen-bond donors (Lipinski definition) is 0. The standard InChI is InChI=1S/C25H16N4O2/c30-20-15-28(25(31)17-11-5-2-6-12-17)23-21(20)24-26-18-13-7-8-14-19(18)29(24)22(27-23)16-9-3-1-4-10-16/h1-14H,15H2. The number of aromatic nitrogens is 3. The number of anilines is 1. The summed E-state index contributed by atoms with van der Waals surface area (Å²) in [4.78, 5) is 37.4. The van der Waals surface area contributed by atoms with Crippen LogP contribution < -0.4 is 4.90 Å². The van der Waals surface area contributed by atoms with Crippen LogP contribution in [-0.2, 0) is 0 Å². The van der Waals surface area contributed by atoms with E-state index in [1.165, 1.54) is 4.90 Å². The Hall–Kier alpha value is -4.32. The van der Waals surface area contributed by atoms with Gasteiger partial charge in [-0.15, -0.1) is 0 Å². The van der Waals surface area contributed by atoms with Crippen LogP contribution in [0.4, 0.5) is 5.82 Å². The Morgan fingerprint density at radius 3 is 2.26 bits per heavy atom. The van der Waals surface area contributed by atoms with Crippen molar-refractivity contribution < 1.29 is 9.59 Å². The molecule has 0 fully saturated rings. The molecule has 31 heavy (non-hydrogen) atoms. The van der Waals surface area contributed by atoms with E-state index in [1.54, 1.807) is 24.3 Å². The van der Waals surface area contributed by atoms with Crippen LogP contribution in [0, 0.1) is 0 Å². The number of ketones is 1. The minimum absolute atomic E-state index is 0.0484. The highest BCUT2D eigenvalue weighted by Crippen LogP contribution is 2.35. The first-order valence-electron chi connectivity index (χ1n) is 9.99. The smallest absolute Gasteiger partial charge is 0.259 e. The van der Waals surface area contributed by atoms with Gasteiger partial charge in [0, 0.05) is 11.1 Å². The lowest BCUT2D eigenvalue weighted by atomic mass is 10.2. The summed E-state index contributed by atoms with van der Waals surface area (Å²) in [6.45, 7) is -0.0484. The van der Waals surface area contributed by atoms with E-state index in [2.05, 4.69) is 0 Å². The zero-order chi connectivity index (χ0) is 20.9. The third-order valence-electron chi connectivity index (χ3n) is 5.57. The quantitative estimate of drug-likeness (QED) is 0.438. The van der Waals surface area contributed by atoms with Gasteiger partial charge in [0.1, 0.15) is 11.4 Å². The van der Waals surface area contributed by atoms with Crippen LogP contribution >= 0.6 is 0 Å². The summed E-state index contributed by atoms with van der Waals surface area (Å²) in [7, 11) is 0. The molecule has 148 valence electrons. The SMILES string of the molecule is O=C1CN(C(=O)c2ccccc2)c2nc(-c3ccccc3)n3c(nc4ccccc43)c21. The van der Waals surface area contributed by atoms with Gasteiger partial charge in [-0.25, -0.2) is 9.97 Å². The highest BCUT2D eigenvalue weighted by molar-refractivity contribution is 6.21. The second kappa shape index (κ2) is 6.60. The fourth-order valence-corrected chi connectivity index (χ4v) is 4.14. The summed E-state index contributed by atoms with van der Waals surface area (Å²) in [6.07, 6.45) is 0. The maximum Gasteiger partial charge on any atom is 0.259 e. The summed E-state index contributed by atoms with van der Waals surface area (Å²) < 4.78 is 1.91. The predicted molar refractivity (Wildman–Crippen MR) is 118 cm³/mol. The molecule has 1 aliphatic heterocycles. The number of carbonyl (C=O) groups excluding carboxylic acids is 2. The van der Waals surface area contributed by atoms with E-state index in [0.717, 1.165) is 16.6 Å². The lowest BCUT2D eigenvalue weighted by Gasteiger charge is -2.17. The average molecular weight is 404 g/mol. The van der Waals surface area contributed by atoms with Gasteiger partial charge < -0.3 is 0 Å². The Morgan fingerprint density at radius 1 is 0.806 bits per heavy atom. The molecule has 0 saturated heterocycles. The maximum absolute atomic E-state index is 13.2. The van der Waals surface area contributed by atoms with Gasteiger partial charge in [-0.3, -0.25) is 18.9 Å². The van der Waals surface area contributed by atoms with Crippen LogP contribution in [0.1, 0.15) is 20.7 Å². The van der Waals surface area contributed by atoms with Gasteiger partial charge in [0.05, 0.1) is 17.6 Å². The number of hydrogen-bond acceptors (Lipinski definition) is 4. The molecule has 6 heteroatoms. The summed E-state index contributed by atoms with van der Waals surface area (Å²) >= 11 is 0. The van der Waals surface area contributed by atoms with Gasteiger partial charge in [-0.1, -0.05) is 60.7 Å². The molecule has 3 aromatic carbocycles. The molecular formula is C25H16N4O2. The lowest BCUT2D eigenvalue weighted by Crippen LogP contribution is -2.30. The van der Waals surface area contributed by atoms with Crippen molar-refractivity contribution in [3.8, 4) is 11.4 Å². The van der Waals surface area contributed by atoms with Crippen molar-refractivity contribution in [1.29, 1.82) is 0 Å². The normalized spacial score (nSPS) is 13.2. The number of fused-ring (bicyclic) bond motifs is 5. The fraction of sp³-hybridized carbons (Fsp3) is 0.0400. The second-order valence-electron chi connectivity index (χ2n) is 7.44. The summed E-state index contributed by atoms with van der Waals surface area (Å²) in [6, 6.07) is 26.4. The Morgan fingerprint density at radius 2 is 1.48 bits per heavy atom. The molecule has 0 unspecified atom stereocenters. The van der Waals surface area contributed by atoms with Crippen LogP contribution in [0.15, 0.2) is 84.9 Å². The highest BCUT2D eigenvalue weighted by Gasteiger charge is 2.37. The first kappa shape index (κ1) is 17.5. The number of Topliss-reactive ketones (excluding diaryl/α,β-unsaturated/α-hetero) is 1. The highest BCUT2D eigenvalue weighted by atomic mass is 16.2. The monoisotopic (exact) mass is 404 g/mol. The van der Waals surface area contributed by atoms with Crippen molar-refractivity contribution in [3.63, 3.8) is 0 Å². The van der Waals surface area contributed by atoms with Crippen LogP contribution in [0.5, 0.6) is 0 Å². The molecule has 0 aliphatic carbocycles. The van der Waals surface area contributed by atoms with Crippen molar-refractivity contribution >= 4 is 34.2 Å². The molecule has 3 heterocycles. The van der Waals surface area contributed by atoms with Crippen molar-refractivity contribution in [2.75, 3.05) is 11.4 Å². The molecule has 1 amide bonds. The number of imidazole rings is 1. The predicted octanol–water partition coefficient (Wildman–Crippen LogP) is 4.39. The Bertz CT molecular complexity index is 1490. The molecule has 0 N–H and O–H groups in total. The number of rotatable bonds is 2. The van der Waals surface area contributed by atoms with E-state index in [-0.39, 0.29) is 18.2 Å². The number of nitrogens with zero attached hydrogens (tertiary/aromatic N) is 4.